The Morgan fingerprint density at radius 1 is 0.935 bits per heavy atom. The number of aliphatic hydroxyl groups is 1. The van der Waals surface area contributed by atoms with Crippen molar-refractivity contribution in [1.82, 2.24) is 4.90 Å². The van der Waals surface area contributed by atoms with Gasteiger partial charge in [0.25, 0.3) is 11.7 Å². The maximum atomic E-state index is 14.9. The standard InChI is InChI=1S/C26H26FNO3/c27-21-12-6-5-11-20(21)23-22(25(30)26(31)28(23)19-9-3-4-10-19)24(29)18-14-13-16-7-1-2-8-17(16)15-18/h5-6,11-15,19,23,29H,1-4,7-10H2/b24-22+. The molecule has 2 fully saturated rings. The van der Waals surface area contributed by atoms with Crippen LogP contribution in [0.25, 0.3) is 5.76 Å². The molecule has 0 bridgehead atoms. The van der Waals surface area contributed by atoms with Crippen LogP contribution in [-0.4, -0.2) is 27.7 Å². The van der Waals surface area contributed by atoms with Gasteiger partial charge in [-0.1, -0.05) is 43.2 Å². The average Bonchev–Trinajstić information content (AvgIpc) is 3.40. The van der Waals surface area contributed by atoms with Crippen molar-refractivity contribution >= 4 is 17.4 Å². The summed E-state index contributed by atoms with van der Waals surface area (Å²) in [4.78, 5) is 27.7. The average molecular weight is 419 g/mol. The largest absolute Gasteiger partial charge is 0.507 e. The van der Waals surface area contributed by atoms with E-state index in [9.17, 15) is 19.1 Å². The number of nitrogens with zero attached hydrogens (tertiary/aromatic N) is 1. The summed E-state index contributed by atoms with van der Waals surface area (Å²) in [6, 6.07) is 10.9. The third kappa shape index (κ3) is 3.36. The SMILES string of the molecule is O=C1C(=O)N(C2CCCC2)C(c2ccccc2F)/C1=C(\O)c1ccc2c(c1)CCCC2. The quantitative estimate of drug-likeness (QED) is 0.429. The molecule has 1 N–H and O–H groups in total. The second-order valence-electron chi connectivity index (χ2n) is 8.86. The highest BCUT2D eigenvalue weighted by molar-refractivity contribution is 6.46. The molecule has 2 aliphatic carbocycles. The van der Waals surface area contributed by atoms with Gasteiger partial charge in [-0.25, -0.2) is 4.39 Å². The lowest BCUT2D eigenvalue weighted by Gasteiger charge is -2.31. The summed E-state index contributed by atoms with van der Waals surface area (Å²) >= 11 is 0. The summed E-state index contributed by atoms with van der Waals surface area (Å²) in [5.74, 6) is -2.05. The predicted molar refractivity (Wildman–Crippen MR) is 116 cm³/mol. The van der Waals surface area contributed by atoms with E-state index in [0.717, 1.165) is 51.4 Å². The van der Waals surface area contributed by atoms with E-state index in [2.05, 4.69) is 0 Å². The van der Waals surface area contributed by atoms with Crippen LogP contribution in [0.3, 0.4) is 0 Å². The lowest BCUT2D eigenvalue weighted by atomic mass is 9.88. The number of carbonyl (C=O) groups is 2. The Morgan fingerprint density at radius 3 is 2.39 bits per heavy atom. The number of ketones is 1. The minimum atomic E-state index is -0.902. The molecule has 1 heterocycles. The lowest BCUT2D eigenvalue weighted by molar-refractivity contribution is -0.141. The molecule has 1 atom stereocenters. The van der Waals surface area contributed by atoms with Gasteiger partial charge in [-0.15, -0.1) is 0 Å². The zero-order chi connectivity index (χ0) is 21.5. The van der Waals surface area contributed by atoms with Gasteiger partial charge in [0.15, 0.2) is 0 Å². The minimum Gasteiger partial charge on any atom is -0.507 e. The molecule has 0 radical (unpaired) electrons. The molecule has 2 aromatic carbocycles. The van der Waals surface area contributed by atoms with Crippen LogP contribution in [0.15, 0.2) is 48.0 Å². The number of Topliss-reactive ketones (excluding diaryl/α,β-unsaturated/α-hetero) is 1. The second kappa shape index (κ2) is 7.95. The molecule has 4 nitrogen and oxygen atoms in total. The van der Waals surface area contributed by atoms with E-state index >= 15 is 0 Å². The number of aliphatic hydroxyl groups excluding tert-OH is 1. The zero-order valence-corrected chi connectivity index (χ0v) is 17.4. The van der Waals surface area contributed by atoms with Crippen molar-refractivity contribution in [2.75, 3.05) is 0 Å². The molecule has 1 saturated carbocycles. The number of amides is 1. The first-order valence-electron chi connectivity index (χ1n) is 11.2. The first-order valence-corrected chi connectivity index (χ1v) is 11.2. The molecular weight excluding hydrogens is 393 g/mol. The summed E-state index contributed by atoms with van der Waals surface area (Å²) in [7, 11) is 0. The van der Waals surface area contributed by atoms with E-state index in [1.54, 1.807) is 24.3 Å². The molecule has 2 aromatic rings. The topological polar surface area (TPSA) is 57.6 Å². The Morgan fingerprint density at radius 2 is 1.65 bits per heavy atom. The van der Waals surface area contributed by atoms with Gasteiger partial charge in [0.2, 0.25) is 0 Å². The van der Waals surface area contributed by atoms with E-state index in [0.29, 0.717) is 5.56 Å². The van der Waals surface area contributed by atoms with E-state index in [-0.39, 0.29) is 22.9 Å². The minimum absolute atomic E-state index is 0.00207. The first kappa shape index (κ1) is 20.0. The highest BCUT2D eigenvalue weighted by atomic mass is 19.1. The summed E-state index contributed by atoms with van der Waals surface area (Å²) in [5, 5.41) is 11.3. The molecule has 5 rings (SSSR count). The van der Waals surface area contributed by atoms with Gasteiger partial charge in [-0.2, -0.15) is 0 Å². The smallest absolute Gasteiger partial charge is 0.295 e. The van der Waals surface area contributed by atoms with Crippen molar-refractivity contribution in [2.45, 2.75) is 63.5 Å². The predicted octanol–water partition coefficient (Wildman–Crippen LogP) is 5.07. The Kier molecular flexibility index (Phi) is 5.12. The van der Waals surface area contributed by atoms with Crippen LogP contribution < -0.4 is 0 Å². The molecule has 31 heavy (non-hydrogen) atoms. The summed E-state index contributed by atoms with van der Waals surface area (Å²) in [6.45, 7) is 0. The van der Waals surface area contributed by atoms with Gasteiger partial charge in [0.05, 0.1) is 11.6 Å². The zero-order valence-electron chi connectivity index (χ0n) is 17.4. The summed E-state index contributed by atoms with van der Waals surface area (Å²) < 4.78 is 14.9. The number of carbonyl (C=O) groups excluding carboxylic acids is 2. The fraction of sp³-hybridized carbons (Fsp3) is 0.385. The van der Waals surface area contributed by atoms with Crippen molar-refractivity contribution in [3.63, 3.8) is 0 Å². The lowest BCUT2D eigenvalue weighted by Crippen LogP contribution is -2.38. The number of fused-ring (bicyclic) bond motifs is 1. The Balaban J connectivity index is 1.67. The van der Waals surface area contributed by atoms with Gasteiger partial charge in [0, 0.05) is 17.2 Å². The van der Waals surface area contributed by atoms with Crippen molar-refractivity contribution < 1.29 is 19.1 Å². The van der Waals surface area contributed by atoms with Crippen LogP contribution in [0.4, 0.5) is 4.39 Å². The van der Waals surface area contributed by atoms with E-state index in [4.69, 9.17) is 0 Å². The maximum Gasteiger partial charge on any atom is 0.295 e. The van der Waals surface area contributed by atoms with E-state index < -0.39 is 23.5 Å². The van der Waals surface area contributed by atoms with Crippen molar-refractivity contribution in [1.29, 1.82) is 0 Å². The highest BCUT2D eigenvalue weighted by Crippen LogP contribution is 2.44. The monoisotopic (exact) mass is 419 g/mol. The molecule has 1 amide bonds. The van der Waals surface area contributed by atoms with Crippen molar-refractivity contribution in [2.24, 2.45) is 0 Å². The number of likely N-dealkylation sites (tertiary alicyclic amines) is 1. The third-order valence-electron chi connectivity index (χ3n) is 7.02. The van der Waals surface area contributed by atoms with E-state index in [1.165, 1.54) is 22.1 Å². The number of hydrogen-bond acceptors (Lipinski definition) is 3. The van der Waals surface area contributed by atoms with Crippen molar-refractivity contribution in [3.05, 3.63) is 76.1 Å². The molecule has 3 aliphatic rings. The molecule has 0 spiro atoms. The second-order valence-corrected chi connectivity index (χ2v) is 8.86. The molecule has 5 heteroatoms. The van der Waals surface area contributed by atoms with Crippen LogP contribution >= 0.6 is 0 Å². The number of aryl methyl sites for hydroxylation is 2. The Hall–Kier alpha value is -2.95. The normalized spacial score (nSPS) is 23.4. The maximum absolute atomic E-state index is 14.9. The Labute approximate surface area is 181 Å². The van der Waals surface area contributed by atoms with Crippen molar-refractivity contribution in [3.8, 4) is 0 Å². The van der Waals surface area contributed by atoms with Crippen LogP contribution in [-0.2, 0) is 22.4 Å². The third-order valence-corrected chi connectivity index (χ3v) is 7.02. The molecular formula is C26H26FNO3. The highest BCUT2D eigenvalue weighted by Gasteiger charge is 2.49. The molecule has 0 aromatic heterocycles. The van der Waals surface area contributed by atoms with E-state index in [1.807, 2.05) is 12.1 Å². The summed E-state index contributed by atoms with van der Waals surface area (Å²) in [6.07, 6.45) is 7.72. The number of rotatable bonds is 3. The number of benzene rings is 2. The van der Waals surface area contributed by atoms with Crippen LogP contribution in [0.2, 0.25) is 0 Å². The van der Waals surface area contributed by atoms with Gasteiger partial charge in [0.1, 0.15) is 11.6 Å². The Bertz CT molecular complexity index is 1080. The number of halogens is 1. The molecule has 1 aliphatic heterocycles. The number of hydrogen-bond donors (Lipinski definition) is 1. The first-order chi connectivity index (χ1) is 15.1. The molecule has 1 unspecified atom stereocenters. The molecule has 1 saturated heterocycles. The molecule has 160 valence electrons. The van der Waals surface area contributed by atoms with Gasteiger partial charge in [-0.05, 0) is 61.8 Å². The van der Waals surface area contributed by atoms with Crippen LogP contribution in [0.5, 0.6) is 0 Å². The van der Waals surface area contributed by atoms with Gasteiger partial charge >= 0.3 is 0 Å². The van der Waals surface area contributed by atoms with Crippen LogP contribution in [0, 0.1) is 5.82 Å². The van der Waals surface area contributed by atoms with Gasteiger partial charge < -0.3 is 10.0 Å². The fourth-order valence-electron chi connectivity index (χ4n) is 5.45. The van der Waals surface area contributed by atoms with Crippen LogP contribution in [0.1, 0.15) is 66.8 Å². The fourth-order valence-corrected chi connectivity index (χ4v) is 5.45. The summed E-state index contributed by atoms with van der Waals surface area (Å²) in [5.41, 5.74) is 3.21. The van der Waals surface area contributed by atoms with Gasteiger partial charge in [-0.3, -0.25) is 9.59 Å².